The monoisotopic (exact) mass is 454 g/mol. The lowest BCUT2D eigenvalue weighted by Gasteiger charge is -2.02. The number of benzene rings is 1. The zero-order valence-electron chi connectivity index (χ0n) is 18.4. The lowest BCUT2D eigenvalue weighted by molar-refractivity contribution is 0.0955. The fraction of sp³-hybridized carbons (Fsp3) is 0.261. The van der Waals surface area contributed by atoms with Crippen LogP contribution < -0.4 is 15.9 Å². The summed E-state index contributed by atoms with van der Waals surface area (Å²) in [6.45, 7) is 11.1. The molecule has 0 spiro atoms. The van der Waals surface area contributed by atoms with Gasteiger partial charge in [0.15, 0.2) is 0 Å². The molecule has 0 unspecified atom stereocenters. The summed E-state index contributed by atoms with van der Waals surface area (Å²) in [5.41, 5.74) is 4.37. The molecule has 0 radical (unpaired) electrons. The van der Waals surface area contributed by atoms with Crippen molar-refractivity contribution in [2.24, 2.45) is 0 Å². The number of amides is 1. The Labute approximate surface area is 190 Å². The van der Waals surface area contributed by atoms with E-state index in [-0.39, 0.29) is 12.5 Å². The maximum Gasteiger partial charge on any atom is 0.253 e. The van der Waals surface area contributed by atoms with Gasteiger partial charge in [0.2, 0.25) is 0 Å². The van der Waals surface area contributed by atoms with Gasteiger partial charge >= 0.3 is 0 Å². The minimum Gasteiger partial charge on any atom is -0.394 e. The third-order valence-electron chi connectivity index (χ3n) is 5.01. The summed E-state index contributed by atoms with van der Waals surface area (Å²) < 4.78 is 1.57. The molecule has 0 fully saturated rings. The number of aryl methyl sites for hydroxylation is 1. The first kappa shape index (κ1) is 23.3. The highest BCUT2D eigenvalue weighted by Gasteiger charge is 2.16. The minimum absolute atomic E-state index is 0.0554. The molecule has 168 valence electrons. The summed E-state index contributed by atoms with van der Waals surface area (Å²) in [5.74, 6) is -0.0554. The normalized spacial score (nSPS) is 11.5. The molecule has 4 aromatic rings. The second-order valence-electron chi connectivity index (χ2n) is 7.26. The van der Waals surface area contributed by atoms with E-state index in [1.165, 1.54) is 0 Å². The average Bonchev–Trinajstić information content (AvgIpc) is 3.43. The van der Waals surface area contributed by atoms with Gasteiger partial charge in [-0.25, -0.2) is 0 Å². The van der Waals surface area contributed by atoms with Crippen molar-refractivity contribution in [3.63, 3.8) is 0 Å². The van der Waals surface area contributed by atoms with Gasteiger partial charge in [0.25, 0.3) is 5.91 Å². The fourth-order valence-corrected chi connectivity index (χ4v) is 3.68. The van der Waals surface area contributed by atoms with Gasteiger partial charge in [-0.15, -0.1) is 5.10 Å². The zero-order valence-corrected chi connectivity index (χ0v) is 19.1. The van der Waals surface area contributed by atoms with Crippen LogP contribution in [0.4, 0.5) is 0 Å². The highest BCUT2D eigenvalue weighted by atomic mass is 35.5. The number of H-pyrrole nitrogens is 2. The molecule has 8 nitrogen and oxygen atoms in total. The van der Waals surface area contributed by atoms with Crippen LogP contribution in [0.3, 0.4) is 0 Å². The van der Waals surface area contributed by atoms with E-state index in [1.54, 1.807) is 17.1 Å². The minimum atomic E-state index is -0.0554. The van der Waals surface area contributed by atoms with Crippen molar-refractivity contribution in [1.82, 2.24) is 30.3 Å². The summed E-state index contributed by atoms with van der Waals surface area (Å²) in [6, 6.07) is 5.71. The molecular weight excluding hydrogens is 428 g/mol. The van der Waals surface area contributed by atoms with Crippen molar-refractivity contribution in [3.8, 4) is 0 Å². The van der Waals surface area contributed by atoms with Crippen molar-refractivity contribution < 1.29 is 9.90 Å². The number of rotatable bonds is 5. The average molecular weight is 455 g/mol. The van der Waals surface area contributed by atoms with Gasteiger partial charge in [-0.05, 0) is 50.6 Å². The van der Waals surface area contributed by atoms with Gasteiger partial charge in [0.05, 0.1) is 24.9 Å². The quantitative estimate of drug-likeness (QED) is 0.369. The van der Waals surface area contributed by atoms with Crippen molar-refractivity contribution in [2.45, 2.75) is 27.3 Å². The molecule has 0 aliphatic heterocycles. The lowest BCUT2D eigenvalue weighted by Crippen LogP contribution is -2.23. The van der Waals surface area contributed by atoms with E-state index >= 15 is 0 Å². The number of hydrogen-bond acceptors (Lipinski definition) is 4. The van der Waals surface area contributed by atoms with E-state index in [0.29, 0.717) is 23.7 Å². The molecule has 32 heavy (non-hydrogen) atoms. The van der Waals surface area contributed by atoms with E-state index in [4.69, 9.17) is 16.7 Å². The Hall–Kier alpha value is -3.36. The maximum atomic E-state index is 12.2. The molecule has 3 heterocycles. The van der Waals surface area contributed by atoms with Crippen molar-refractivity contribution >= 4 is 41.1 Å². The number of aliphatic hydroxyl groups excluding tert-OH is 1. The number of carbonyl (C=O) groups excluding carboxylic acids is 1. The van der Waals surface area contributed by atoms with E-state index in [2.05, 4.69) is 32.2 Å². The van der Waals surface area contributed by atoms with Crippen LogP contribution >= 0.6 is 11.6 Å². The molecule has 9 heteroatoms. The highest BCUT2D eigenvalue weighted by molar-refractivity contribution is 6.31. The lowest BCUT2D eigenvalue weighted by atomic mass is 10.1. The van der Waals surface area contributed by atoms with Crippen molar-refractivity contribution in [1.29, 1.82) is 0 Å². The Morgan fingerprint density at radius 2 is 2.12 bits per heavy atom. The first-order chi connectivity index (χ1) is 15.3. The predicted octanol–water partition coefficient (Wildman–Crippen LogP) is 2.03. The van der Waals surface area contributed by atoms with Gasteiger partial charge in [-0.2, -0.15) is 0 Å². The Morgan fingerprint density at radius 1 is 1.34 bits per heavy atom. The standard InChI is InChI=1S/C19H20ClN3O.C4H7N3O/c1-5-21-19(24)18-10(2)17(23-12(18)4)9-14-11(3)22-16-7-6-13(20)8-15(14)16;8-4-3-7-2-1-5-6-7/h6-9,22-23H,3,5H2,1-2,4H3,(H,21,24);1-2,8H,3-4H2/b14-9+;. The van der Waals surface area contributed by atoms with Crippen LogP contribution in [0.25, 0.3) is 23.6 Å². The summed E-state index contributed by atoms with van der Waals surface area (Å²) in [4.78, 5) is 18.8. The van der Waals surface area contributed by atoms with Crippen LogP contribution in [0.2, 0.25) is 5.02 Å². The van der Waals surface area contributed by atoms with E-state index in [9.17, 15) is 4.79 Å². The second-order valence-corrected chi connectivity index (χ2v) is 7.70. The zero-order chi connectivity index (χ0) is 23.3. The summed E-state index contributed by atoms with van der Waals surface area (Å²) >= 11 is 6.13. The molecule has 4 rings (SSSR count). The van der Waals surface area contributed by atoms with Crippen molar-refractivity contribution in [3.05, 3.63) is 68.7 Å². The topological polar surface area (TPSA) is 112 Å². The largest absolute Gasteiger partial charge is 0.394 e. The molecule has 1 amide bonds. The predicted molar refractivity (Wildman–Crippen MR) is 127 cm³/mol. The van der Waals surface area contributed by atoms with Gasteiger partial charge < -0.3 is 20.4 Å². The maximum absolute atomic E-state index is 12.2. The second kappa shape index (κ2) is 10.3. The fourth-order valence-electron chi connectivity index (χ4n) is 3.51. The van der Waals surface area contributed by atoms with E-state index in [1.807, 2.05) is 45.0 Å². The third kappa shape index (κ3) is 5.09. The molecule has 0 saturated carbocycles. The van der Waals surface area contributed by atoms with Gasteiger partial charge in [-0.1, -0.05) is 23.4 Å². The number of aromatic amines is 2. The number of nitrogens with zero attached hydrogens (tertiary/aromatic N) is 3. The smallest absolute Gasteiger partial charge is 0.253 e. The van der Waals surface area contributed by atoms with Crippen molar-refractivity contribution in [2.75, 3.05) is 13.2 Å². The molecular formula is C23H27ClN6O2. The molecule has 1 aromatic carbocycles. The number of nitrogens with one attached hydrogen (secondary N) is 3. The molecule has 0 atom stereocenters. The van der Waals surface area contributed by atoms with Crippen LogP contribution in [-0.2, 0) is 6.54 Å². The van der Waals surface area contributed by atoms with E-state index in [0.717, 1.165) is 38.4 Å². The Balaban J connectivity index is 0.000000305. The Bertz CT molecular complexity index is 1320. The SMILES string of the molecule is C=c1[nH]c2ccc(Cl)cc2/c1=C/c1[nH]c(C)c(C(=O)NCC)c1C.OCCn1ccnn1. The molecule has 4 N–H and O–H groups in total. The number of aromatic nitrogens is 5. The summed E-state index contributed by atoms with van der Waals surface area (Å²) in [6.07, 6.45) is 5.30. The first-order valence-electron chi connectivity index (χ1n) is 10.3. The molecule has 0 saturated heterocycles. The number of carbonyl (C=O) groups is 1. The highest BCUT2D eigenvalue weighted by Crippen LogP contribution is 2.19. The molecule has 0 bridgehead atoms. The van der Waals surface area contributed by atoms with E-state index < -0.39 is 0 Å². The molecule has 0 aliphatic carbocycles. The van der Waals surface area contributed by atoms with Gasteiger partial charge in [-0.3, -0.25) is 9.48 Å². The third-order valence-corrected chi connectivity index (χ3v) is 5.25. The van der Waals surface area contributed by atoms with Crippen LogP contribution in [-0.4, -0.2) is 49.1 Å². The number of fused-ring (bicyclic) bond motifs is 1. The van der Waals surface area contributed by atoms with Gasteiger partial charge in [0, 0.05) is 50.6 Å². The Kier molecular flexibility index (Phi) is 7.50. The van der Waals surface area contributed by atoms with Crippen LogP contribution in [0.1, 0.15) is 34.2 Å². The van der Waals surface area contributed by atoms with Crippen LogP contribution in [0.15, 0.2) is 30.6 Å². The van der Waals surface area contributed by atoms with Gasteiger partial charge in [0.1, 0.15) is 0 Å². The summed E-state index contributed by atoms with van der Waals surface area (Å²) in [7, 11) is 0. The molecule has 3 aromatic heterocycles. The molecule has 0 aliphatic rings. The first-order valence-corrected chi connectivity index (χ1v) is 10.6. The number of aliphatic hydroxyl groups is 1. The number of halogens is 1. The van der Waals surface area contributed by atoms with Crippen LogP contribution in [0.5, 0.6) is 0 Å². The Morgan fingerprint density at radius 3 is 2.78 bits per heavy atom. The summed E-state index contributed by atoms with van der Waals surface area (Å²) in [5, 5.41) is 21.8. The van der Waals surface area contributed by atoms with Crippen LogP contribution in [0, 0.1) is 13.8 Å². The number of hydrogen-bond donors (Lipinski definition) is 4.